The molecular weight excluding hydrogens is 220 g/mol. The summed E-state index contributed by atoms with van der Waals surface area (Å²) in [5, 5.41) is 9.27. The fourth-order valence-electron chi connectivity index (χ4n) is 2.61. The number of nitrogens with zero attached hydrogens (tertiary/aromatic N) is 1. The second-order valence-electron chi connectivity index (χ2n) is 5.73. The molecule has 0 bridgehead atoms. The van der Waals surface area contributed by atoms with Crippen LogP contribution in [-0.2, 0) is 4.79 Å². The fraction of sp³-hybridized carbons (Fsp3) is 0.833. The predicted molar refractivity (Wildman–Crippen MR) is 64.6 cm³/mol. The van der Waals surface area contributed by atoms with E-state index in [1.165, 1.54) is 4.90 Å². The van der Waals surface area contributed by atoms with Crippen LogP contribution in [0.1, 0.15) is 46.5 Å². The molecule has 1 fully saturated rings. The Hall–Kier alpha value is -1.26. The lowest BCUT2D eigenvalue weighted by Crippen LogP contribution is -2.52. The highest BCUT2D eigenvalue weighted by molar-refractivity contribution is 5.76. The third-order valence-electron chi connectivity index (χ3n) is 3.39. The van der Waals surface area contributed by atoms with Gasteiger partial charge >= 0.3 is 6.09 Å². The highest BCUT2D eigenvalue weighted by Crippen LogP contribution is 2.31. The molecule has 0 unspecified atom stereocenters. The molecule has 3 N–H and O–H groups in total. The summed E-state index contributed by atoms with van der Waals surface area (Å²) < 4.78 is 0. The van der Waals surface area contributed by atoms with E-state index in [0.29, 0.717) is 12.8 Å². The van der Waals surface area contributed by atoms with E-state index in [0.717, 1.165) is 12.8 Å². The first-order valence-corrected chi connectivity index (χ1v) is 6.05. The Bertz CT molecular complexity index is 301. The van der Waals surface area contributed by atoms with Gasteiger partial charge in [0.1, 0.15) is 0 Å². The number of nitrogens with two attached hydrogens (primary N) is 1. The molecule has 0 aromatic rings. The van der Waals surface area contributed by atoms with Crippen LogP contribution in [0.5, 0.6) is 0 Å². The molecule has 0 aromatic heterocycles. The Morgan fingerprint density at radius 3 is 1.94 bits per heavy atom. The van der Waals surface area contributed by atoms with Gasteiger partial charge in [0.15, 0.2) is 0 Å². The normalized spacial score (nSPS) is 25.4. The van der Waals surface area contributed by atoms with Gasteiger partial charge in [-0.2, -0.15) is 0 Å². The van der Waals surface area contributed by atoms with Gasteiger partial charge in [0.25, 0.3) is 0 Å². The van der Waals surface area contributed by atoms with Crippen molar-refractivity contribution < 1.29 is 14.7 Å². The Balaban J connectivity index is 2.68. The molecule has 0 aliphatic heterocycles. The molecule has 2 amide bonds. The lowest BCUT2D eigenvalue weighted by atomic mass is 9.83. The number of hydrogen-bond donors (Lipinski definition) is 2. The van der Waals surface area contributed by atoms with Gasteiger partial charge in [-0.15, -0.1) is 0 Å². The number of rotatable bonds is 2. The van der Waals surface area contributed by atoms with Crippen molar-refractivity contribution in [1.29, 1.82) is 0 Å². The Morgan fingerprint density at radius 1 is 1.18 bits per heavy atom. The van der Waals surface area contributed by atoms with Crippen LogP contribution in [0.2, 0.25) is 0 Å². The minimum absolute atomic E-state index is 0.00287. The molecule has 0 radical (unpaired) electrons. The maximum atomic E-state index is 11.3. The van der Waals surface area contributed by atoms with Crippen molar-refractivity contribution in [1.82, 2.24) is 4.90 Å². The molecule has 0 heterocycles. The molecule has 17 heavy (non-hydrogen) atoms. The number of carbonyl (C=O) groups is 2. The smallest absolute Gasteiger partial charge is 0.407 e. The summed E-state index contributed by atoms with van der Waals surface area (Å²) in [6.07, 6.45) is 1.94. The zero-order valence-corrected chi connectivity index (χ0v) is 10.8. The Morgan fingerprint density at radius 2 is 1.65 bits per heavy atom. The second-order valence-corrected chi connectivity index (χ2v) is 5.73. The molecule has 1 aliphatic carbocycles. The van der Waals surface area contributed by atoms with E-state index in [1.807, 2.05) is 20.8 Å². The third-order valence-corrected chi connectivity index (χ3v) is 3.39. The molecule has 0 saturated heterocycles. The van der Waals surface area contributed by atoms with Crippen LogP contribution in [-0.4, -0.2) is 33.6 Å². The number of hydrogen-bond acceptors (Lipinski definition) is 2. The zero-order chi connectivity index (χ0) is 13.2. The highest BCUT2D eigenvalue weighted by Gasteiger charge is 2.36. The molecule has 5 nitrogen and oxygen atoms in total. The van der Waals surface area contributed by atoms with E-state index in [1.54, 1.807) is 0 Å². The molecule has 1 rings (SSSR count). The van der Waals surface area contributed by atoms with Crippen molar-refractivity contribution in [2.45, 2.75) is 58.0 Å². The molecule has 98 valence electrons. The van der Waals surface area contributed by atoms with Crippen LogP contribution < -0.4 is 5.73 Å². The SMILES string of the molecule is CC(C)(C)N(C(=O)O)[C@H]1CC[C@@H](C(N)=O)CC1. The number of carboxylic acid groups (broad SMARTS) is 1. The van der Waals surface area contributed by atoms with Gasteiger partial charge in [-0.05, 0) is 46.5 Å². The van der Waals surface area contributed by atoms with Gasteiger partial charge in [0.05, 0.1) is 0 Å². The average Bonchev–Trinajstić information content (AvgIpc) is 2.15. The highest BCUT2D eigenvalue weighted by atomic mass is 16.4. The molecule has 5 heteroatoms. The fourth-order valence-corrected chi connectivity index (χ4v) is 2.61. The van der Waals surface area contributed by atoms with E-state index in [4.69, 9.17) is 5.73 Å². The third kappa shape index (κ3) is 3.35. The first kappa shape index (κ1) is 13.8. The molecule has 0 aromatic carbocycles. The lowest BCUT2D eigenvalue weighted by Gasteiger charge is -2.42. The molecule has 0 spiro atoms. The van der Waals surface area contributed by atoms with Crippen molar-refractivity contribution in [2.24, 2.45) is 11.7 Å². The van der Waals surface area contributed by atoms with Crippen LogP contribution in [0.15, 0.2) is 0 Å². The second kappa shape index (κ2) is 4.94. The molecular formula is C12H22N2O3. The number of carbonyl (C=O) groups excluding carboxylic acids is 1. The summed E-state index contributed by atoms with van der Waals surface area (Å²) in [6, 6.07) is 0.00287. The van der Waals surface area contributed by atoms with Crippen molar-refractivity contribution in [3.63, 3.8) is 0 Å². The van der Waals surface area contributed by atoms with Gasteiger partial charge in [-0.25, -0.2) is 4.79 Å². The predicted octanol–water partition coefficient (Wildman–Crippen LogP) is 1.81. The zero-order valence-electron chi connectivity index (χ0n) is 10.8. The maximum absolute atomic E-state index is 11.3. The van der Waals surface area contributed by atoms with Crippen molar-refractivity contribution in [3.05, 3.63) is 0 Å². The van der Waals surface area contributed by atoms with E-state index in [2.05, 4.69) is 0 Å². The first-order valence-electron chi connectivity index (χ1n) is 6.05. The summed E-state index contributed by atoms with van der Waals surface area (Å²) >= 11 is 0. The van der Waals surface area contributed by atoms with E-state index in [9.17, 15) is 14.7 Å². The van der Waals surface area contributed by atoms with Gasteiger partial charge in [-0.1, -0.05) is 0 Å². The summed E-state index contributed by atoms with van der Waals surface area (Å²) in [7, 11) is 0. The molecule has 1 saturated carbocycles. The molecule has 0 atom stereocenters. The van der Waals surface area contributed by atoms with Crippen molar-refractivity contribution in [3.8, 4) is 0 Å². The maximum Gasteiger partial charge on any atom is 0.407 e. The summed E-state index contributed by atoms with van der Waals surface area (Å²) in [6.45, 7) is 5.67. The van der Waals surface area contributed by atoms with Crippen LogP contribution in [0.25, 0.3) is 0 Å². The van der Waals surface area contributed by atoms with Gasteiger partial charge in [0.2, 0.25) is 5.91 Å². The summed E-state index contributed by atoms with van der Waals surface area (Å²) in [4.78, 5) is 23.9. The minimum atomic E-state index is -0.889. The van der Waals surface area contributed by atoms with Crippen LogP contribution in [0, 0.1) is 5.92 Å². The van der Waals surface area contributed by atoms with Crippen molar-refractivity contribution >= 4 is 12.0 Å². The standard InChI is InChI=1S/C12H22N2O3/c1-12(2,3)14(11(16)17)9-6-4-8(5-7-9)10(13)15/h8-9H,4-7H2,1-3H3,(H2,13,15)(H,16,17)/t8-,9+. The quantitative estimate of drug-likeness (QED) is 0.774. The van der Waals surface area contributed by atoms with Crippen LogP contribution in [0.4, 0.5) is 4.79 Å². The average molecular weight is 242 g/mol. The van der Waals surface area contributed by atoms with E-state index >= 15 is 0 Å². The monoisotopic (exact) mass is 242 g/mol. The summed E-state index contributed by atoms with van der Waals surface area (Å²) in [5.74, 6) is -0.344. The van der Waals surface area contributed by atoms with Gasteiger partial charge < -0.3 is 15.7 Å². The Labute approximate surface area is 102 Å². The van der Waals surface area contributed by atoms with Gasteiger partial charge in [0, 0.05) is 17.5 Å². The Kier molecular flexibility index (Phi) is 4.01. The molecule has 1 aliphatic rings. The minimum Gasteiger partial charge on any atom is -0.465 e. The number of primary amides is 1. The van der Waals surface area contributed by atoms with Gasteiger partial charge in [-0.3, -0.25) is 4.79 Å². The summed E-state index contributed by atoms with van der Waals surface area (Å²) in [5.41, 5.74) is 4.86. The van der Waals surface area contributed by atoms with E-state index in [-0.39, 0.29) is 17.9 Å². The van der Waals surface area contributed by atoms with Crippen LogP contribution in [0.3, 0.4) is 0 Å². The topological polar surface area (TPSA) is 83.6 Å². The lowest BCUT2D eigenvalue weighted by molar-refractivity contribution is -0.123. The van der Waals surface area contributed by atoms with Crippen LogP contribution >= 0.6 is 0 Å². The van der Waals surface area contributed by atoms with Crippen molar-refractivity contribution in [2.75, 3.05) is 0 Å². The largest absolute Gasteiger partial charge is 0.465 e. The number of amides is 2. The first-order chi connectivity index (χ1) is 7.73. The van der Waals surface area contributed by atoms with E-state index < -0.39 is 11.6 Å².